The van der Waals surface area contributed by atoms with Gasteiger partial charge in [-0.2, -0.15) is 0 Å². The van der Waals surface area contributed by atoms with Crippen molar-refractivity contribution in [2.45, 2.75) is 6.42 Å². The lowest BCUT2D eigenvalue weighted by Gasteiger charge is -2.20. The molecule has 0 atom stereocenters. The highest BCUT2D eigenvalue weighted by molar-refractivity contribution is 7.80. The van der Waals surface area contributed by atoms with Crippen molar-refractivity contribution in [3.8, 4) is 0 Å². The topological polar surface area (TPSA) is 46.3 Å². The quantitative estimate of drug-likeness (QED) is 0.881. The van der Waals surface area contributed by atoms with Crippen LogP contribution in [0.15, 0.2) is 48.5 Å². The molecule has 0 radical (unpaired) electrons. The molecule has 0 aliphatic carbocycles. The predicted octanol–water partition coefficient (Wildman–Crippen LogP) is 3.18. The van der Waals surface area contributed by atoms with E-state index >= 15 is 0 Å². The summed E-state index contributed by atoms with van der Waals surface area (Å²) >= 11 is 11.1. The average molecular weight is 319 g/mol. The number of carbonyl (C=O) groups excluding carboxylic acids is 1. The second-order valence-corrected chi connectivity index (χ2v) is 5.45. The van der Waals surface area contributed by atoms with Crippen molar-refractivity contribution in [1.29, 1.82) is 0 Å². The summed E-state index contributed by atoms with van der Waals surface area (Å²) in [5, 5.41) is 0.585. The third kappa shape index (κ3) is 3.60. The Morgan fingerprint density at radius 2 is 1.81 bits per heavy atom. The van der Waals surface area contributed by atoms with Crippen LogP contribution in [0.2, 0.25) is 5.02 Å². The summed E-state index contributed by atoms with van der Waals surface area (Å²) in [7, 11) is 1.70. The van der Waals surface area contributed by atoms with Crippen LogP contribution in [0.3, 0.4) is 0 Å². The number of nitrogens with zero attached hydrogens (tertiary/aromatic N) is 1. The van der Waals surface area contributed by atoms with Gasteiger partial charge in [-0.25, -0.2) is 0 Å². The number of para-hydroxylation sites is 1. The summed E-state index contributed by atoms with van der Waals surface area (Å²) in [6, 6.07) is 14.6. The van der Waals surface area contributed by atoms with Gasteiger partial charge in [-0.1, -0.05) is 54.2 Å². The zero-order chi connectivity index (χ0) is 15.4. The van der Waals surface area contributed by atoms with Crippen LogP contribution >= 0.6 is 23.8 Å². The Morgan fingerprint density at radius 3 is 2.48 bits per heavy atom. The van der Waals surface area contributed by atoms with Crippen LogP contribution in [0.25, 0.3) is 0 Å². The highest BCUT2D eigenvalue weighted by Crippen LogP contribution is 2.21. The van der Waals surface area contributed by atoms with E-state index in [1.54, 1.807) is 24.1 Å². The molecule has 0 saturated heterocycles. The van der Waals surface area contributed by atoms with E-state index in [9.17, 15) is 4.79 Å². The molecule has 21 heavy (non-hydrogen) atoms. The first-order valence-corrected chi connectivity index (χ1v) is 7.18. The van der Waals surface area contributed by atoms with Crippen LogP contribution in [0, 0.1) is 0 Å². The molecule has 0 bridgehead atoms. The van der Waals surface area contributed by atoms with E-state index in [2.05, 4.69) is 0 Å². The minimum atomic E-state index is -0.0770. The van der Waals surface area contributed by atoms with Gasteiger partial charge in [-0.05, 0) is 23.8 Å². The zero-order valence-electron chi connectivity index (χ0n) is 11.5. The lowest BCUT2D eigenvalue weighted by molar-refractivity contribution is -0.117. The van der Waals surface area contributed by atoms with Crippen LogP contribution in [-0.4, -0.2) is 17.9 Å². The number of anilines is 1. The highest BCUT2D eigenvalue weighted by atomic mass is 35.5. The first-order chi connectivity index (χ1) is 10.0. The number of halogens is 1. The fraction of sp³-hybridized carbons (Fsp3) is 0.125. The molecule has 0 aliphatic heterocycles. The van der Waals surface area contributed by atoms with Crippen molar-refractivity contribution in [3.63, 3.8) is 0 Å². The molecule has 2 rings (SSSR count). The van der Waals surface area contributed by atoms with E-state index < -0.39 is 0 Å². The first kappa shape index (κ1) is 15.5. The molecule has 1 amide bonds. The van der Waals surface area contributed by atoms with E-state index in [4.69, 9.17) is 29.6 Å². The number of likely N-dealkylation sites (N-methyl/N-ethyl adjacent to an activating group) is 1. The predicted molar refractivity (Wildman–Crippen MR) is 90.9 cm³/mol. The number of carbonyl (C=O) groups is 1. The lowest BCUT2D eigenvalue weighted by atomic mass is 10.1. The van der Waals surface area contributed by atoms with Crippen LogP contribution < -0.4 is 10.6 Å². The van der Waals surface area contributed by atoms with Gasteiger partial charge in [0.15, 0.2) is 0 Å². The Bertz CT molecular complexity index is 687. The maximum atomic E-state index is 12.4. The second kappa shape index (κ2) is 6.70. The van der Waals surface area contributed by atoms with Crippen LogP contribution in [0.4, 0.5) is 5.69 Å². The average Bonchev–Trinajstić information content (AvgIpc) is 2.48. The summed E-state index contributed by atoms with van der Waals surface area (Å²) < 4.78 is 0. The van der Waals surface area contributed by atoms with Crippen molar-refractivity contribution in [2.75, 3.05) is 11.9 Å². The molecular weight excluding hydrogens is 304 g/mol. The summed E-state index contributed by atoms with van der Waals surface area (Å²) in [4.78, 5) is 14.2. The maximum absolute atomic E-state index is 12.4. The Balaban J connectivity index is 2.24. The smallest absolute Gasteiger partial charge is 0.231 e. The van der Waals surface area contributed by atoms with Gasteiger partial charge in [0.25, 0.3) is 0 Å². The largest absolute Gasteiger partial charge is 0.389 e. The van der Waals surface area contributed by atoms with E-state index in [0.29, 0.717) is 16.3 Å². The van der Waals surface area contributed by atoms with Crippen molar-refractivity contribution < 1.29 is 4.79 Å². The number of nitrogens with two attached hydrogens (primary N) is 1. The standard InChI is InChI=1S/C16H15ClN2OS/c1-19(14-9-5-3-7-12(14)16(18)21)15(20)10-11-6-2-4-8-13(11)17/h2-9H,10H2,1H3,(H2,18,21). The van der Waals surface area contributed by atoms with Gasteiger partial charge in [0.1, 0.15) is 4.99 Å². The molecule has 2 N–H and O–H groups in total. The molecule has 108 valence electrons. The molecule has 0 aromatic heterocycles. The fourth-order valence-corrected chi connectivity index (χ4v) is 2.41. The molecule has 0 spiro atoms. The number of rotatable bonds is 4. The molecule has 5 heteroatoms. The zero-order valence-corrected chi connectivity index (χ0v) is 13.1. The molecule has 0 aliphatic rings. The Morgan fingerprint density at radius 1 is 1.19 bits per heavy atom. The van der Waals surface area contributed by atoms with Crippen LogP contribution in [0.1, 0.15) is 11.1 Å². The van der Waals surface area contributed by atoms with Gasteiger partial charge in [0.2, 0.25) is 5.91 Å². The van der Waals surface area contributed by atoms with Crippen molar-refractivity contribution in [3.05, 3.63) is 64.7 Å². The molecule has 0 unspecified atom stereocenters. The lowest BCUT2D eigenvalue weighted by Crippen LogP contribution is -2.30. The van der Waals surface area contributed by atoms with Gasteiger partial charge in [0.05, 0.1) is 12.1 Å². The molecule has 0 heterocycles. The van der Waals surface area contributed by atoms with Crippen molar-refractivity contribution >= 4 is 40.4 Å². The first-order valence-electron chi connectivity index (χ1n) is 6.39. The van der Waals surface area contributed by atoms with Gasteiger partial charge >= 0.3 is 0 Å². The Labute approximate surface area is 134 Å². The molecule has 2 aromatic rings. The van der Waals surface area contributed by atoms with E-state index in [-0.39, 0.29) is 17.3 Å². The molecule has 2 aromatic carbocycles. The summed E-state index contributed by atoms with van der Waals surface area (Å²) in [5.41, 5.74) is 7.88. The van der Waals surface area contributed by atoms with E-state index in [1.165, 1.54) is 0 Å². The van der Waals surface area contributed by atoms with E-state index in [1.807, 2.05) is 36.4 Å². The number of thiocarbonyl (C=S) groups is 1. The van der Waals surface area contributed by atoms with Crippen molar-refractivity contribution in [2.24, 2.45) is 5.73 Å². The minimum Gasteiger partial charge on any atom is -0.389 e. The van der Waals surface area contributed by atoms with Gasteiger partial charge in [-0.3, -0.25) is 4.79 Å². The second-order valence-electron chi connectivity index (χ2n) is 4.60. The van der Waals surface area contributed by atoms with Gasteiger partial charge in [-0.15, -0.1) is 0 Å². The van der Waals surface area contributed by atoms with Crippen LogP contribution in [-0.2, 0) is 11.2 Å². The van der Waals surface area contributed by atoms with Gasteiger partial charge < -0.3 is 10.6 Å². The molecule has 0 fully saturated rings. The third-order valence-corrected chi connectivity index (χ3v) is 3.79. The minimum absolute atomic E-state index is 0.0770. The maximum Gasteiger partial charge on any atom is 0.231 e. The molecule has 0 saturated carbocycles. The monoisotopic (exact) mass is 318 g/mol. The fourth-order valence-electron chi connectivity index (χ4n) is 2.03. The Kier molecular flexibility index (Phi) is 4.94. The molecule has 3 nitrogen and oxygen atoms in total. The number of benzene rings is 2. The van der Waals surface area contributed by atoms with Crippen molar-refractivity contribution in [1.82, 2.24) is 0 Å². The Hall–Kier alpha value is -1.91. The van der Waals surface area contributed by atoms with E-state index in [0.717, 1.165) is 5.56 Å². The van der Waals surface area contributed by atoms with Crippen LogP contribution in [0.5, 0.6) is 0 Å². The number of hydrogen-bond donors (Lipinski definition) is 1. The highest BCUT2D eigenvalue weighted by Gasteiger charge is 2.16. The normalized spacial score (nSPS) is 10.2. The summed E-state index contributed by atoms with van der Waals surface area (Å²) in [6.07, 6.45) is 0.224. The molecular formula is C16H15ClN2OS. The SMILES string of the molecule is CN(C(=O)Cc1ccccc1Cl)c1ccccc1C(N)=S. The van der Waals surface area contributed by atoms with Gasteiger partial charge in [0, 0.05) is 17.6 Å². The number of amides is 1. The summed E-state index contributed by atoms with van der Waals surface area (Å²) in [5.74, 6) is -0.0770. The number of hydrogen-bond acceptors (Lipinski definition) is 2. The third-order valence-electron chi connectivity index (χ3n) is 3.20. The summed E-state index contributed by atoms with van der Waals surface area (Å²) in [6.45, 7) is 0.